The number of H-pyrrole nitrogens is 1. The lowest BCUT2D eigenvalue weighted by molar-refractivity contribution is -0.139. The van der Waals surface area contributed by atoms with E-state index in [4.69, 9.17) is 11.5 Å². The van der Waals surface area contributed by atoms with Crippen molar-refractivity contribution in [2.45, 2.75) is 12.5 Å². The summed E-state index contributed by atoms with van der Waals surface area (Å²) >= 11 is 0. The molecular weight excluding hydrogens is 202 g/mol. The zero-order valence-electron chi connectivity index (χ0n) is 7.47. The third-order valence-corrected chi connectivity index (χ3v) is 1.47. The van der Waals surface area contributed by atoms with Gasteiger partial charge in [0.2, 0.25) is 0 Å². The summed E-state index contributed by atoms with van der Waals surface area (Å²) in [5, 5.41) is 22.8. The van der Waals surface area contributed by atoms with Crippen molar-refractivity contribution in [1.29, 1.82) is 0 Å². The van der Waals surface area contributed by atoms with Crippen LogP contribution in [-0.2, 0) is 4.79 Å². The molecule has 0 fully saturated rings. The van der Waals surface area contributed by atoms with Gasteiger partial charge < -0.3 is 10.4 Å². The number of terminal acetylenes is 1. The van der Waals surface area contributed by atoms with Crippen LogP contribution >= 0.6 is 0 Å². The number of aromatic amines is 1. The highest BCUT2D eigenvalue weighted by Crippen LogP contribution is 1.93. The number of carbonyl (C=O) groups is 2. The van der Waals surface area contributed by atoms with E-state index in [-0.39, 0.29) is 12.2 Å². The van der Waals surface area contributed by atoms with E-state index in [0.29, 0.717) is 0 Å². The second-order valence-electron chi connectivity index (χ2n) is 2.51. The summed E-state index contributed by atoms with van der Waals surface area (Å²) in [5.41, 5.74) is 0. The number of carboxylic acids is 1. The van der Waals surface area contributed by atoms with Crippen LogP contribution in [0.1, 0.15) is 17.0 Å². The Kier molecular flexibility index (Phi) is 3.34. The Hall–Kier alpha value is -2.43. The Morgan fingerprint density at radius 1 is 1.67 bits per heavy atom. The Balaban J connectivity index is 2.64. The van der Waals surface area contributed by atoms with Crippen molar-refractivity contribution in [2.75, 3.05) is 0 Å². The number of amides is 1. The van der Waals surface area contributed by atoms with Gasteiger partial charge in [-0.2, -0.15) is 5.21 Å². The summed E-state index contributed by atoms with van der Waals surface area (Å²) in [7, 11) is 0. The fourth-order valence-electron chi connectivity index (χ4n) is 0.799. The lowest BCUT2D eigenvalue weighted by atomic mass is 10.2. The summed E-state index contributed by atoms with van der Waals surface area (Å²) in [6.07, 6.45) is 4.84. The number of hydrogen-bond donors (Lipinski definition) is 3. The molecule has 1 aromatic rings. The van der Waals surface area contributed by atoms with E-state index in [0.717, 1.165) is 0 Å². The molecule has 0 aliphatic rings. The van der Waals surface area contributed by atoms with Gasteiger partial charge in [0.25, 0.3) is 11.7 Å². The van der Waals surface area contributed by atoms with Gasteiger partial charge in [0.05, 0.1) is 0 Å². The first-order valence-corrected chi connectivity index (χ1v) is 3.85. The molecule has 15 heavy (non-hydrogen) atoms. The SMILES string of the molecule is C#CCC(NC(=O)c1nn[nH]n1)C(=O)O. The summed E-state index contributed by atoms with van der Waals surface area (Å²) in [6.45, 7) is 0. The lowest BCUT2D eigenvalue weighted by Gasteiger charge is -2.09. The van der Waals surface area contributed by atoms with Gasteiger partial charge in [-0.15, -0.1) is 22.5 Å². The van der Waals surface area contributed by atoms with E-state index in [9.17, 15) is 9.59 Å². The quantitative estimate of drug-likeness (QED) is 0.514. The number of aliphatic carboxylic acids is 1. The molecule has 3 N–H and O–H groups in total. The smallest absolute Gasteiger partial charge is 0.327 e. The molecule has 78 valence electrons. The van der Waals surface area contributed by atoms with Gasteiger partial charge in [0.15, 0.2) is 0 Å². The molecule has 8 heteroatoms. The maximum Gasteiger partial charge on any atom is 0.327 e. The van der Waals surface area contributed by atoms with Crippen molar-refractivity contribution >= 4 is 11.9 Å². The first-order valence-electron chi connectivity index (χ1n) is 3.85. The highest BCUT2D eigenvalue weighted by molar-refractivity contribution is 5.93. The van der Waals surface area contributed by atoms with Crippen LogP contribution < -0.4 is 5.32 Å². The van der Waals surface area contributed by atoms with E-state index in [1.807, 2.05) is 0 Å². The number of tetrazole rings is 1. The van der Waals surface area contributed by atoms with Crippen LogP contribution in [0, 0.1) is 12.3 Å². The van der Waals surface area contributed by atoms with E-state index in [2.05, 4.69) is 31.9 Å². The molecule has 1 rings (SSSR count). The molecule has 0 bridgehead atoms. The van der Waals surface area contributed by atoms with Gasteiger partial charge in [-0.1, -0.05) is 0 Å². The van der Waals surface area contributed by atoms with Gasteiger partial charge in [0.1, 0.15) is 6.04 Å². The van der Waals surface area contributed by atoms with E-state index < -0.39 is 17.9 Å². The van der Waals surface area contributed by atoms with Crippen LogP contribution in [0.15, 0.2) is 0 Å². The van der Waals surface area contributed by atoms with Crippen molar-refractivity contribution in [3.63, 3.8) is 0 Å². The first kappa shape index (κ1) is 10.6. The Labute approximate surface area is 84.1 Å². The molecule has 0 aliphatic carbocycles. The first-order chi connectivity index (χ1) is 7.15. The van der Waals surface area contributed by atoms with Crippen LogP contribution in [0.2, 0.25) is 0 Å². The highest BCUT2D eigenvalue weighted by atomic mass is 16.4. The van der Waals surface area contributed by atoms with Gasteiger partial charge >= 0.3 is 5.97 Å². The van der Waals surface area contributed by atoms with Crippen molar-refractivity contribution in [3.05, 3.63) is 5.82 Å². The number of carboxylic acid groups (broad SMARTS) is 1. The number of nitrogens with zero attached hydrogens (tertiary/aromatic N) is 3. The van der Waals surface area contributed by atoms with E-state index >= 15 is 0 Å². The van der Waals surface area contributed by atoms with Crippen LogP contribution in [0.5, 0.6) is 0 Å². The lowest BCUT2D eigenvalue weighted by Crippen LogP contribution is -2.40. The minimum Gasteiger partial charge on any atom is -0.480 e. The Morgan fingerprint density at radius 2 is 2.40 bits per heavy atom. The predicted molar refractivity (Wildman–Crippen MR) is 46.5 cm³/mol. The average Bonchev–Trinajstić information content (AvgIpc) is 2.69. The molecule has 0 saturated heterocycles. The second-order valence-corrected chi connectivity index (χ2v) is 2.51. The molecule has 1 aromatic heterocycles. The van der Waals surface area contributed by atoms with Crippen molar-refractivity contribution < 1.29 is 14.7 Å². The third-order valence-electron chi connectivity index (χ3n) is 1.47. The monoisotopic (exact) mass is 209 g/mol. The molecular formula is C7H7N5O3. The molecule has 1 atom stereocenters. The zero-order chi connectivity index (χ0) is 11.3. The highest BCUT2D eigenvalue weighted by Gasteiger charge is 2.21. The minimum atomic E-state index is -1.22. The minimum absolute atomic E-state index is 0.112. The molecule has 0 radical (unpaired) electrons. The average molecular weight is 209 g/mol. The van der Waals surface area contributed by atoms with E-state index in [1.54, 1.807) is 0 Å². The maximum absolute atomic E-state index is 11.3. The Bertz CT molecular complexity index is 393. The molecule has 1 heterocycles. The third kappa shape index (κ3) is 2.77. The van der Waals surface area contributed by atoms with Gasteiger partial charge in [-0.3, -0.25) is 4.79 Å². The molecule has 0 spiro atoms. The largest absolute Gasteiger partial charge is 0.480 e. The van der Waals surface area contributed by atoms with Crippen LogP contribution in [0.4, 0.5) is 0 Å². The second kappa shape index (κ2) is 4.71. The molecule has 1 amide bonds. The number of nitrogens with one attached hydrogen (secondary N) is 2. The predicted octanol–water partition coefficient (Wildman–Crippen LogP) is -1.59. The number of rotatable bonds is 4. The number of hydrogen-bond acceptors (Lipinski definition) is 5. The Morgan fingerprint density at radius 3 is 2.87 bits per heavy atom. The fraction of sp³-hybridized carbons (Fsp3) is 0.286. The van der Waals surface area contributed by atoms with Crippen LogP contribution in [0.25, 0.3) is 0 Å². The standard InChI is InChI=1S/C7H7N5O3/c1-2-3-4(7(14)15)8-6(13)5-9-11-12-10-5/h1,4H,3H2,(H,8,13)(H,14,15)(H,9,10,11,12). The molecule has 0 aromatic carbocycles. The molecule has 0 saturated carbocycles. The summed E-state index contributed by atoms with van der Waals surface area (Å²) < 4.78 is 0. The number of aromatic nitrogens is 4. The molecule has 8 nitrogen and oxygen atoms in total. The molecule has 1 unspecified atom stereocenters. The summed E-state index contributed by atoms with van der Waals surface area (Å²) in [5.74, 6) is -0.0596. The van der Waals surface area contributed by atoms with Crippen LogP contribution in [0.3, 0.4) is 0 Å². The van der Waals surface area contributed by atoms with Crippen molar-refractivity contribution in [3.8, 4) is 12.3 Å². The topological polar surface area (TPSA) is 121 Å². The van der Waals surface area contributed by atoms with Crippen molar-refractivity contribution in [1.82, 2.24) is 25.9 Å². The van der Waals surface area contributed by atoms with Crippen molar-refractivity contribution in [2.24, 2.45) is 0 Å². The van der Waals surface area contributed by atoms with Crippen LogP contribution in [-0.4, -0.2) is 43.6 Å². The van der Waals surface area contributed by atoms with Gasteiger partial charge in [0, 0.05) is 6.42 Å². The number of carbonyl (C=O) groups excluding carboxylic acids is 1. The maximum atomic E-state index is 11.3. The normalized spacial score (nSPS) is 11.4. The van der Waals surface area contributed by atoms with E-state index in [1.165, 1.54) is 0 Å². The summed E-state index contributed by atoms with van der Waals surface area (Å²) in [6, 6.07) is -1.15. The fourth-order valence-corrected chi connectivity index (χ4v) is 0.799. The molecule has 0 aliphatic heterocycles. The van der Waals surface area contributed by atoms with Gasteiger partial charge in [-0.25, -0.2) is 4.79 Å². The summed E-state index contributed by atoms with van der Waals surface area (Å²) in [4.78, 5) is 21.9. The van der Waals surface area contributed by atoms with Gasteiger partial charge in [-0.05, 0) is 5.21 Å². The zero-order valence-corrected chi connectivity index (χ0v) is 7.47.